The van der Waals surface area contributed by atoms with E-state index >= 15 is 0 Å². The van der Waals surface area contributed by atoms with Gasteiger partial charge in [-0.15, -0.1) is 0 Å². The minimum atomic E-state index is -0.923. The maximum atomic E-state index is 10.9. The molecule has 20 heavy (non-hydrogen) atoms. The molecule has 0 spiro atoms. The highest BCUT2D eigenvalue weighted by Crippen LogP contribution is 2.24. The number of aryl methyl sites for hydroxylation is 2. The zero-order valence-corrected chi connectivity index (χ0v) is 11.7. The predicted octanol–water partition coefficient (Wildman–Crippen LogP) is 0.792. The van der Waals surface area contributed by atoms with Crippen molar-refractivity contribution in [3.05, 3.63) is 17.8 Å². The first-order valence-corrected chi connectivity index (χ1v) is 6.92. The Morgan fingerprint density at radius 3 is 2.90 bits per heavy atom. The number of carboxylic acid groups (broad SMARTS) is 1. The molecule has 0 unspecified atom stereocenters. The molecule has 2 rings (SSSR count). The summed E-state index contributed by atoms with van der Waals surface area (Å²) in [5, 5.41) is 9.30. The number of fused-ring (bicyclic) bond motifs is 1. The summed E-state index contributed by atoms with van der Waals surface area (Å²) >= 11 is 1.10. The number of aliphatic carboxylic acids is 1. The van der Waals surface area contributed by atoms with Gasteiger partial charge in [0.2, 0.25) is 5.91 Å². The fourth-order valence-electron chi connectivity index (χ4n) is 1.78. The summed E-state index contributed by atoms with van der Waals surface area (Å²) < 4.78 is 1.74. The molecule has 2 heterocycles. The largest absolute Gasteiger partial charge is 0.481 e. The van der Waals surface area contributed by atoms with E-state index in [-0.39, 0.29) is 12.2 Å². The molecule has 0 saturated carbocycles. The molecule has 2 aromatic heterocycles. The molecule has 7 nitrogen and oxygen atoms in total. The van der Waals surface area contributed by atoms with Gasteiger partial charge in [0, 0.05) is 19.2 Å². The van der Waals surface area contributed by atoms with Crippen LogP contribution in [0.1, 0.15) is 12.0 Å². The van der Waals surface area contributed by atoms with Gasteiger partial charge >= 0.3 is 5.97 Å². The van der Waals surface area contributed by atoms with E-state index in [2.05, 4.69) is 9.97 Å². The number of imidazole rings is 1. The number of pyridine rings is 1. The molecular formula is C12H14N4O3S. The maximum Gasteiger partial charge on any atom is 0.313 e. The fourth-order valence-corrected chi connectivity index (χ4v) is 2.52. The number of thioether (sulfide) groups is 1. The molecule has 0 saturated heterocycles. The quantitative estimate of drug-likeness (QED) is 0.762. The van der Waals surface area contributed by atoms with Crippen LogP contribution in [0.15, 0.2) is 17.4 Å². The van der Waals surface area contributed by atoms with Crippen LogP contribution in [0.5, 0.6) is 0 Å². The van der Waals surface area contributed by atoms with E-state index in [1.807, 2.05) is 13.0 Å². The van der Waals surface area contributed by atoms with Gasteiger partial charge in [-0.25, -0.2) is 9.97 Å². The number of carbonyl (C=O) groups is 2. The number of primary amides is 1. The van der Waals surface area contributed by atoms with E-state index in [0.29, 0.717) is 22.9 Å². The minimum Gasteiger partial charge on any atom is -0.481 e. The SMILES string of the molecule is Cc1ccnc2c1nc(SCC(=O)O)n2CCC(N)=O. The molecule has 106 valence electrons. The van der Waals surface area contributed by atoms with E-state index in [1.165, 1.54) is 0 Å². The number of aromatic nitrogens is 3. The van der Waals surface area contributed by atoms with Crippen molar-refractivity contribution in [3.8, 4) is 0 Å². The molecule has 0 fully saturated rings. The standard InChI is InChI=1S/C12H14N4O3S/c1-7-2-4-14-11-10(7)15-12(20-6-9(18)19)16(11)5-3-8(13)17/h2,4H,3,5-6H2,1H3,(H2,13,17)(H,18,19). The van der Waals surface area contributed by atoms with E-state index < -0.39 is 11.9 Å². The zero-order valence-electron chi connectivity index (χ0n) is 10.9. The van der Waals surface area contributed by atoms with Gasteiger partial charge < -0.3 is 15.4 Å². The Kier molecular flexibility index (Phi) is 4.23. The second-order valence-corrected chi connectivity index (χ2v) is 5.19. The monoisotopic (exact) mass is 294 g/mol. The zero-order chi connectivity index (χ0) is 14.7. The van der Waals surface area contributed by atoms with Gasteiger partial charge in [0.1, 0.15) is 5.52 Å². The van der Waals surface area contributed by atoms with Crippen molar-refractivity contribution in [2.24, 2.45) is 5.73 Å². The highest BCUT2D eigenvalue weighted by Gasteiger charge is 2.15. The predicted molar refractivity (Wildman–Crippen MR) is 74.4 cm³/mol. The number of carboxylic acids is 1. The highest BCUT2D eigenvalue weighted by atomic mass is 32.2. The Morgan fingerprint density at radius 1 is 1.50 bits per heavy atom. The third kappa shape index (κ3) is 3.08. The van der Waals surface area contributed by atoms with Crippen molar-refractivity contribution in [2.75, 3.05) is 5.75 Å². The number of rotatable bonds is 6. The van der Waals surface area contributed by atoms with Gasteiger partial charge in [0.15, 0.2) is 10.8 Å². The molecule has 0 aromatic carbocycles. The lowest BCUT2D eigenvalue weighted by Crippen LogP contribution is -2.14. The molecular weight excluding hydrogens is 280 g/mol. The van der Waals surface area contributed by atoms with Crippen LogP contribution >= 0.6 is 11.8 Å². The first kappa shape index (κ1) is 14.3. The lowest BCUT2D eigenvalue weighted by molar-refractivity contribution is -0.134. The molecule has 0 bridgehead atoms. The number of nitrogens with two attached hydrogens (primary N) is 1. The molecule has 0 radical (unpaired) electrons. The summed E-state index contributed by atoms with van der Waals surface area (Å²) in [5.41, 5.74) is 7.46. The highest BCUT2D eigenvalue weighted by molar-refractivity contribution is 7.99. The van der Waals surface area contributed by atoms with E-state index in [4.69, 9.17) is 10.8 Å². The molecule has 0 aliphatic rings. The van der Waals surface area contributed by atoms with Crippen molar-refractivity contribution in [3.63, 3.8) is 0 Å². The number of amides is 1. The molecule has 0 aliphatic heterocycles. The van der Waals surface area contributed by atoms with Gasteiger partial charge in [0.05, 0.1) is 5.75 Å². The summed E-state index contributed by atoms with van der Waals surface area (Å²) in [6, 6.07) is 1.83. The lowest BCUT2D eigenvalue weighted by Gasteiger charge is -2.05. The average molecular weight is 294 g/mol. The van der Waals surface area contributed by atoms with Crippen LogP contribution < -0.4 is 5.73 Å². The Balaban J connectivity index is 2.42. The van der Waals surface area contributed by atoms with Crippen molar-refractivity contribution < 1.29 is 14.7 Å². The molecule has 1 amide bonds. The summed E-state index contributed by atoms with van der Waals surface area (Å²) in [7, 11) is 0. The molecule has 2 aromatic rings. The van der Waals surface area contributed by atoms with E-state index in [1.54, 1.807) is 10.8 Å². The average Bonchev–Trinajstić information content (AvgIpc) is 2.73. The summed E-state index contributed by atoms with van der Waals surface area (Å²) in [6.07, 6.45) is 1.81. The van der Waals surface area contributed by atoms with Crippen LogP contribution in [0.3, 0.4) is 0 Å². The normalized spacial score (nSPS) is 10.8. The third-order valence-corrected chi connectivity index (χ3v) is 3.67. The van der Waals surface area contributed by atoms with Gasteiger partial charge in [0.25, 0.3) is 0 Å². The Labute approximate surface area is 119 Å². The van der Waals surface area contributed by atoms with Crippen LogP contribution in [0.25, 0.3) is 11.2 Å². The van der Waals surface area contributed by atoms with Crippen LogP contribution in [-0.2, 0) is 16.1 Å². The number of carbonyl (C=O) groups excluding carboxylic acids is 1. The second kappa shape index (κ2) is 5.91. The van der Waals surface area contributed by atoms with Crippen LogP contribution in [0, 0.1) is 6.92 Å². The van der Waals surface area contributed by atoms with E-state index in [0.717, 1.165) is 17.3 Å². The second-order valence-electron chi connectivity index (χ2n) is 4.24. The lowest BCUT2D eigenvalue weighted by atomic mass is 10.3. The van der Waals surface area contributed by atoms with Gasteiger partial charge in [-0.3, -0.25) is 9.59 Å². The Bertz CT molecular complexity index is 668. The van der Waals surface area contributed by atoms with Crippen molar-refractivity contribution in [1.82, 2.24) is 14.5 Å². The summed E-state index contributed by atoms with van der Waals surface area (Å²) in [5.74, 6) is -1.44. The molecule has 3 N–H and O–H groups in total. The number of nitrogens with zero attached hydrogens (tertiary/aromatic N) is 3. The molecule has 8 heteroatoms. The fraction of sp³-hybridized carbons (Fsp3) is 0.333. The van der Waals surface area contributed by atoms with Crippen molar-refractivity contribution in [1.29, 1.82) is 0 Å². The smallest absolute Gasteiger partial charge is 0.313 e. The maximum absolute atomic E-state index is 10.9. The van der Waals surface area contributed by atoms with Gasteiger partial charge in [-0.1, -0.05) is 11.8 Å². The first-order valence-electron chi connectivity index (χ1n) is 5.93. The topological polar surface area (TPSA) is 111 Å². The number of hydrogen-bond acceptors (Lipinski definition) is 5. The Morgan fingerprint density at radius 2 is 2.25 bits per heavy atom. The Hall–Kier alpha value is -2.09. The van der Waals surface area contributed by atoms with Crippen LogP contribution in [0.2, 0.25) is 0 Å². The van der Waals surface area contributed by atoms with Gasteiger partial charge in [-0.2, -0.15) is 0 Å². The van der Waals surface area contributed by atoms with Crippen LogP contribution in [-0.4, -0.2) is 37.3 Å². The van der Waals surface area contributed by atoms with Gasteiger partial charge in [-0.05, 0) is 18.6 Å². The number of hydrogen-bond donors (Lipinski definition) is 2. The summed E-state index contributed by atoms with van der Waals surface area (Å²) in [4.78, 5) is 30.3. The van der Waals surface area contributed by atoms with Crippen molar-refractivity contribution >= 4 is 34.8 Å². The molecule has 0 aliphatic carbocycles. The van der Waals surface area contributed by atoms with Crippen molar-refractivity contribution in [2.45, 2.75) is 25.0 Å². The first-order chi connectivity index (χ1) is 9.49. The third-order valence-electron chi connectivity index (χ3n) is 2.71. The van der Waals surface area contributed by atoms with E-state index in [9.17, 15) is 9.59 Å². The molecule has 0 atom stereocenters. The van der Waals surface area contributed by atoms with Crippen LogP contribution in [0.4, 0.5) is 0 Å². The summed E-state index contributed by atoms with van der Waals surface area (Å²) in [6.45, 7) is 2.24. The minimum absolute atomic E-state index is 0.0983.